The molecule has 2 rings (SSSR count). The number of benzene rings is 2. The number of carbonyl (C=O) groups excluding carboxylic acids is 3. The predicted octanol–water partition coefficient (Wildman–Crippen LogP) is 3.58. The monoisotopic (exact) mass is 414 g/mol. The van der Waals surface area contributed by atoms with Crippen molar-refractivity contribution >= 4 is 35.2 Å². The van der Waals surface area contributed by atoms with Crippen LogP contribution in [0.15, 0.2) is 59.5 Å². The van der Waals surface area contributed by atoms with Crippen LogP contribution in [0.3, 0.4) is 0 Å². The number of nitrogens with one attached hydrogen (secondary N) is 1. The highest BCUT2D eigenvalue weighted by Gasteiger charge is 2.27. The Hall–Kier alpha value is -2.80. The molecule has 0 aliphatic heterocycles. The summed E-state index contributed by atoms with van der Waals surface area (Å²) in [6.45, 7) is 3.62. The van der Waals surface area contributed by atoms with Crippen LogP contribution in [0.5, 0.6) is 0 Å². The van der Waals surface area contributed by atoms with Gasteiger partial charge in [-0.05, 0) is 23.6 Å². The fraction of sp³-hybridized carbons (Fsp3) is 0.318. The van der Waals surface area contributed by atoms with Crippen molar-refractivity contribution < 1.29 is 19.1 Å². The van der Waals surface area contributed by atoms with Gasteiger partial charge in [-0.15, -0.1) is 11.8 Å². The van der Waals surface area contributed by atoms with Crippen LogP contribution in [0.25, 0.3) is 0 Å². The van der Waals surface area contributed by atoms with E-state index >= 15 is 0 Å². The summed E-state index contributed by atoms with van der Waals surface area (Å²) in [5, 5.41) is 2.72. The molecule has 0 bridgehead atoms. The topological polar surface area (TPSA) is 98.5 Å². The van der Waals surface area contributed by atoms with Gasteiger partial charge in [0.05, 0.1) is 17.4 Å². The Morgan fingerprint density at radius 3 is 2.38 bits per heavy atom. The van der Waals surface area contributed by atoms with Crippen molar-refractivity contribution in [3.63, 3.8) is 0 Å². The SMILES string of the molecule is CC[C@@H](C)[C@H](C(=O)OCC(=O)Nc1ccccc1SCC(N)=O)c1ccccc1. The number of hydrogen-bond acceptors (Lipinski definition) is 5. The Kier molecular flexibility index (Phi) is 8.73. The van der Waals surface area contributed by atoms with Crippen molar-refractivity contribution in [1.82, 2.24) is 0 Å². The van der Waals surface area contributed by atoms with E-state index in [1.54, 1.807) is 24.3 Å². The molecule has 7 heteroatoms. The molecule has 2 atom stereocenters. The number of hydrogen-bond donors (Lipinski definition) is 2. The lowest BCUT2D eigenvalue weighted by molar-refractivity contribution is -0.150. The van der Waals surface area contributed by atoms with Crippen LogP contribution < -0.4 is 11.1 Å². The molecule has 0 fully saturated rings. The Morgan fingerprint density at radius 2 is 1.72 bits per heavy atom. The van der Waals surface area contributed by atoms with Gasteiger partial charge in [-0.1, -0.05) is 62.7 Å². The average Bonchev–Trinajstić information content (AvgIpc) is 2.72. The van der Waals surface area contributed by atoms with Crippen molar-refractivity contribution in [1.29, 1.82) is 0 Å². The van der Waals surface area contributed by atoms with Gasteiger partial charge in [-0.25, -0.2) is 0 Å². The summed E-state index contributed by atoms with van der Waals surface area (Å²) in [7, 11) is 0. The van der Waals surface area contributed by atoms with E-state index in [1.807, 2.05) is 44.2 Å². The lowest BCUT2D eigenvalue weighted by atomic mass is 9.86. The number of carbonyl (C=O) groups is 3. The second-order valence-corrected chi connectivity index (χ2v) is 7.70. The number of thioether (sulfide) groups is 1. The number of para-hydroxylation sites is 1. The molecule has 2 aromatic carbocycles. The van der Waals surface area contributed by atoms with Gasteiger partial charge in [0, 0.05) is 4.90 Å². The number of rotatable bonds is 10. The molecule has 154 valence electrons. The third-order valence-corrected chi connectivity index (χ3v) is 5.60. The molecular formula is C22H26N2O4S. The summed E-state index contributed by atoms with van der Waals surface area (Å²) in [5.74, 6) is -1.54. The average molecular weight is 415 g/mol. The molecule has 29 heavy (non-hydrogen) atoms. The maximum absolute atomic E-state index is 12.7. The van der Waals surface area contributed by atoms with E-state index in [-0.39, 0.29) is 18.3 Å². The zero-order chi connectivity index (χ0) is 21.2. The molecule has 0 spiro atoms. The normalized spacial score (nSPS) is 12.6. The highest BCUT2D eigenvalue weighted by atomic mass is 32.2. The summed E-state index contributed by atoms with van der Waals surface area (Å²) >= 11 is 1.23. The molecule has 0 aromatic heterocycles. The minimum atomic E-state index is -0.443. The Morgan fingerprint density at radius 1 is 1.07 bits per heavy atom. The fourth-order valence-electron chi connectivity index (χ4n) is 2.85. The van der Waals surface area contributed by atoms with Crippen LogP contribution in [0, 0.1) is 5.92 Å². The van der Waals surface area contributed by atoms with Gasteiger partial charge in [0.15, 0.2) is 6.61 Å². The van der Waals surface area contributed by atoms with Crippen molar-refractivity contribution in [3.05, 3.63) is 60.2 Å². The zero-order valence-electron chi connectivity index (χ0n) is 16.6. The molecule has 2 aromatic rings. The molecule has 2 amide bonds. The number of ether oxygens (including phenoxy) is 1. The van der Waals surface area contributed by atoms with Gasteiger partial charge < -0.3 is 15.8 Å². The van der Waals surface area contributed by atoms with Crippen molar-refractivity contribution in [2.45, 2.75) is 31.1 Å². The highest BCUT2D eigenvalue weighted by molar-refractivity contribution is 8.00. The van der Waals surface area contributed by atoms with E-state index in [0.29, 0.717) is 10.6 Å². The first kappa shape index (κ1) is 22.5. The van der Waals surface area contributed by atoms with Crippen LogP contribution in [0.1, 0.15) is 31.7 Å². The quantitative estimate of drug-likeness (QED) is 0.457. The van der Waals surface area contributed by atoms with Gasteiger partial charge in [0.1, 0.15) is 0 Å². The molecular weight excluding hydrogens is 388 g/mol. The lowest BCUT2D eigenvalue weighted by Crippen LogP contribution is -2.27. The standard InChI is InChI=1S/C22H26N2O4S/c1-3-15(2)21(16-9-5-4-6-10-16)22(27)28-13-20(26)24-17-11-7-8-12-18(17)29-14-19(23)25/h4-12,15,21H,3,13-14H2,1-2H3,(H2,23,25)(H,24,26)/t15-,21+/m1/s1. The number of amides is 2. The minimum Gasteiger partial charge on any atom is -0.455 e. The van der Waals surface area contributed by atoms with Crippen molar-refractivity contribution in [2.24, 2.45) is 11.7 Å². The molecule has 0 saturated carbocycles. The molecule has 3 N–H and O–H groups in total. The summed E-state index contributed by atoms with van der Waals surface area (Å²) < 4.78 is 5.32. The van der Waals surface area contributed by atoms with Gasteiger partial charge in [-0.3, -0.25) is 14.4 Å². The van der Waals surface area contributed by atoms with Crippen LogP contribution in [0.2, 0.25) is 0 Å². The molecule has 0 radical (unpaired) electrons. The molecule has 0 aliphatic rings. The zero-order valence-corrected chi connectivity index (χ0v) is 17.4. The second kappa shape index (κ2) is 11.3. The Balaban J connectivity index is 1.99. The summed E-state index contributed by atoms with van der Waals surface area (Å²) in [5.41, 5.74) is 6.60. The number of primary amides is 1. The van der Waals surface area contributed by atoms with E-state index < -0.39 is 23.7 Å². The van der Waals surface area contributed by atoms with E-state index in [1.165, 1.54) is 11.8 Å². The summed E-state index contributed by atoms with van der Waals surface area (Å²) in [6.07, 6.45) is 0.811. The van der Waals surface area contributed by atoms with E-state index in [4.69, 9.17) is 10.5 Å². The largest absolute Gasteiger partial charge is 0.455 e. The summed E-state index contributed by atoms with van der Waals surface area (Å²) in [4.78, 5) is 36.7. The first-order valence-electron chi connectivity index (χ1n) is 9.44. The highest BCUT2D eigenvalue weighted by Crippen LogP contribution is 2.29. The van der Waals surface area contributed by atoms with Gasteiger partial charge in [0.25, 0.3) is 5.91 Å². The van der Waals surface area contributed by atoms with E-state index in [0.717, 1.165) is 12.0 Å². The molecule has 0 saturated heterocycles. The van der Waals surface area contributed by atoms with Crippen LogP contribution in [0.4, 0.5) is 5.69 Å². The first-order chi connectivity index (χ1) is 13.9. The van der Waals surface area contributed by atoms with E-state index in [9.17, 15) is 14.4 Å². The van der Waals surface area contributed by atoms with Crippen molar-refractivity contribution in [3.8, 4) is 0 Å². The van der Waals surface area contributed by atoms with Crippen LogP contribution in [-0.4, -0.2) is 30.1 Å². The number of nitrogens with two attached hydrogens (primary N) is 1. The maximum atomic E-state index is 12.7. The Labute approximate surface area is 175 Å². The van der Waals surface area contributed by atoms with Crippen LogP contribution in [-0.2, 0) is 19.1 Å². The molecule has 0 heterocycles. The molecule has 0 aliphatic carbocycles. The maximum Gasteiger partial charge on any atom is 0.314 e. The second-order valence-electron chi connectivity index (χ2n) is 6.68. The number of anilines is 1. The number of esters is 1. The van der Waals surface area contributed by atoms with Gasteiger partial charge >= 0.3 is 5.97 Å². The fourth-order valence-corrected chi connectivity index (χ4v) is 3.60. The van der Waals surface area contributed by atoms with Crippen molar-refractivity contribution in [2.75, 3.05) is 17.7 Å². The Bertz CT molecular complexity index is 842. The molecule has 0 unspecified atom stereocenters. The minimum absolute atomic E-state index is 0.0823. The summed E-state index contributed by atoms with van der Waals surface area (Å²) in [6, 6.07) is 16.5. The van der Waals surface area contributed by atoms with E-state index in [2.05, 4.69) is 5.32 Å². The van der Waals surface area contributed by atoms with Crippen LogP contribution >= 0.6 is 11.8 Å². The predicted molar refractivity (Wildman–Crippen MR) is 115 cm³/mol. The third kappa shape index (κ3) is 6.94. The smallest absolute Gasteiger partial charge is 0.314 e. The third-order valence-electron chi connectivity index (χ3n) is 4.50. The lowest BCUT2D eigenvalue weighted by Gasteiger charge is -2.21. The first-order valence-corrected chi connectivity index (χ1v) is 10.4. The molecule has 6 nitrogen and oxygen atoms in total. The van der Waals surface area contributed by atoms with Gasteiger partial charge in [-0.2, -0.15) is 0 Å². The van der Waals surface area contributed by atoms with Gasteiger partial charge in [0.2, 0.25) is 5.91 Å².